The number of esters is 1. The van der Waals surface area contributed by atoms with E-state index < -0.39 is 29.3 Å². The maximum atomic E-state index is 12.5. The number of para-hydroxylation sites is 1. The normalized spacial score (nSPS) is 16.9. The first-order valence-corrected chi connectivity index (χ1v) is 20.7. The van der Waals surface area contributed by atoms with Gasteiger partial charge in [-0.05, 0) is 36.1 Å². The van der Waals surface area contributed by atoms with E-state index >= 15 is 0 Å². The molecule has 3 aliphatic rings. The minimum atomic E-state index is -1.26. The minimum Gasteiger partial charge on any atom is -0.477 e. The van der Waals surface area contributed by atoms with Crippen molar-refractivity contribution in [3.8, 4) is 0 Å². The molecule has 4 heterocycles. The largest absolute Gasteiger partial charge is 0.477 e. The molecule has 1 aromatic heterocycles. The van der Waals surface area contributed by atoms with Crippen LogP contribution in [-0.4, -0.2) is 137 Å². The van der Waals surface area contributed by atoms with Crippen LogP contribution in [0.1, 0.15) is 31.9 Å². The number of aryl methyl sites for hydroxylation is 2. The minimum absolute atomic E-state index is 0.0371. The van der Waals surface area contributed by atoms with Gasteiger partial charge in [0.05, 0.1) is 24.7 Å². The van der Waals surface area contributed by atoms with E-state index in [1.54, 1.807) is 41.4 Å². The smallest absolute Gasteiger partial charge is 0.352 e. The number of ether oxygens (including phenoxy) is 3. The zero-order chi connectivity index (χ0) is 42.8. The highest BCUT2D eigenvalue weighted by Gasteiger charge is 2.54. The number of hydrogen-bond acceptors (Lipinski definition) is 13. The van der Waals surface area contributed by atoms with Crippen LogP contribution >= 0.6 is 35.1 Å². The van der Waals surface area contributed by atoms with E-state index in [0.29, 0.717) is 37.6 Å². The lowest BCUT2D eigenvalue weighted by molar-refractivity contribution is -0.150. The number of carboxylic acid groups (broad SMARTS) is 1. The average Bonchev–Trinajstić information content (AvgIpc) is 3.23. The maximum Gasteiger partial charge on any atom is 0.352 e. The third-order valence-corrected chi connectivity index (χ3v) is 11.1. The number of β-lactam (4-membered cyclic amide) rings is 1. The van der Waals surface area contributed by atoms with E-state index in [0.717, 1.165) is 39.5 Å². The molecule has 2 aromatic rings. The number of carboxylic acids is 1. The number of morpholine rings is 1. The number of aromatic nitrogens is 1. The number of nitrogens with two attached hydrogens (primary N) is 1. The van der Waals surface area contributed by atoms with E-state index in [2.05, 4.69) is 29.5 Å². The number of benzene rings is 1. The summed E-state index contributed by atoms with van der Waals surface area (Å²) in [6, 6.07) is 8.88. The summed E-state index contributed by atoms with van der Waals surface area (Å²) in [5.41, 5.74) is 8.50. The Hall–Kier alpha value is -4.89. The number of halogens is 1. The molecule has 0 saturated carbocycles. The highest BCUT2D eigenvalue weighted by atomic mass is 35.5. The van der Waals surface area contributed by atoms with Gasteiger partial charge in [0.1, 0.15) is 36.3 Å². The van der Waals surface area contributed by atoms with E-state index in [1.165, 1.54) is 30.4 Å². The van der Waals surface area contributed by atoms with Crippen LogP contribution in [0.5, 0.6) is 0 Å². The zero-order valence-corrected chi connectivity index (χ0v) is 35.1. The van der Waals surface area contributed by atoms with Gasteiger partial charge in [-0.2, -0.15) is 0 Å². The fourth-order valence-electron chi connectivity index (χ4n) is 5.80. The first-order valence-electron chi connectivity index (χ1n) is 18.1. The van der Waals surface area contributed by atoms with Crippen molar-refractivity contribution in [3.63, 3.8) is 0 Å². The van der Waals surface area contributed by atoms with Crippen LogP contribution in [0.2, 0.25) is 0 Å². The summed E-state index contributed by atoms with van der Waals surface area (Å²) in [4.78, 5) is 68.6. The first kappa shape index (κ1) is 47.5. The number of nitrogens with zero attached hydrogens (tertiary/aromatic N) is 4. The van der Waals surface area contributed by atoms with Crippen molar-refractivity contribution in [3.05, 3.63) is 65.1 Å². The molecule has 7 N–H and O–H groups in total. The number of anilines is 1. The second kappa shape index (κ2) is 24.1. The van der Waals surface area contributed by atoms with Crippen LogP contribution in [-0.2, 0) is 51.0 Å². The Morgan fingerprint density at radius 1 is 1.12 bits per heavy atom. The third-order valence-electron chi connectivity index (χ3n) is 8.52. The van der Waals surface area contributed by atoms with Crippen LogP contribution in [0.4, 0.5) is 5.69 Å². The number of rotatable bonds is 13. The second-order valence-corrected chi connectivity index (χ2v) is 14.9. The van der Waals surface area contributed by atoms with Crippen molar-refractivity contribution < 1.29 is 43.3 Å². The molecule has 0 bridgehead atoms. The predicted molar refractivity (Wildman–Crippen MR) is 222 cm³/mol. The molecule has 0 aliphatic carbocycles. The number of guanidine groups is 2. The van der Waals surface area contributed by atoms with Crippen LogP contribution in [0, 0.1) is 10.8 Å². The number of carbonyl (C=O) groups excluding carboxylic acids is 4. The molecule has 2 atom stereocenters. The lowest BCUT2D eigenvalue weighted by Gasteiger charge is -2.49. The van der Waals surface area contributed by atoms with Crippen LogP contribution in [0.15, 0.2) is 58.9 Å². The summed E-state index contributed by atoms with van der Waals surface area (Å²) in [5.74, 6) is -2.37. The number of amides is 3. The Labute approximate surface area is 350 Å². The monoisotopic (exact) mass is 863 g/mol. The summed E-state index contributed by atoms with van der Waals surface area (Å²) >= 11 is 8.32. The number of alkyl halides is 1. The standard InChI is InChI=1S/C17H17N3O6S2.C14H20ClNO2.C6H13N5O/c1-9(21)26-6-10-7-28-16-13(15(23)20(16)14(10)17(24)25)19-12(22)8-27-11-2-4-18-5-3-11;1-4-11-7-6-8-12(5-2)14(11)16(10-18-3)13(17)9-15;7-5(8)10-6(9)11-1-3-12-4-2-11/h2-5,13,16H,6-8H2,1H3,(H,19,22)(H,24,25);6-8H,4-5,9-10H2,1-3H3;1-4H2,(H5,7,8,9,10)/t13-,16-;;/m1../s1. The van der Waals surface area contributed by atoms with Gasteiger partial charge < -0.3 is 35.3 Å². The zero-order valence-electron chi connectivity index (χ0n) is 32.7. The average molecular weight is 864 g/mol. The number of thioether (sulfide) groups is 2. The fraction of sp³-hybridized carbons (Fsp3) is 0.459. The van der Waals surface area contributed by atoms with Gasteiger partial charge in [0.2, 0.25) is 11.8 Å². The van der Waals surface area contributed by atoms with Crippen molar-refractivity contribution in [1.82, 2.24) is 25.4 Å². The molecule has 316 valence electrons. The second-order valence-electron chi connectivity index (χ2n) is 12.5. The molecule has 21 heteroatoms. The topological polar surface area (TPSA) is 254 Å². The van der Waals surface area contributed by atoms with Gasteiger partial charge in [0, 0.05) is 55.7 Å². The molecule has 1 aromatic carbocycles. The molecule has 3 amide bonds. The Balaban J connectivity index is 0.000000257. The molecule has 18 nitrogen and oxygen atoms in total. The van der Waals surface area contributed by atoms with Crippen LogP contribution < -0.4 is 21.3 Å². The van der Waals surface area contributed by atoms with Crippen molar-refractivity contribution >= 4 is 82.4 Å². The maximum absolute atomic E-state index is 12.5. The Bertz CT molecular complexity index is 1790. The molecule has 0 spiro atoms. The van der Waals surface area contributed by atoms with Crippen molar-refractivity contribution in [2.75, 3.05) is 69.0 Å². The first-order chi connectivity index (χ1) is 27.8. The van der Waals surface area contributed by atoms with Gasteiger partial charge in [-0.3, -0.25) is 50.1 Å². The summed E-state index contributed by atoms with van der Waals surface area (Å²) in [5, 5.41) is 28.5. The van der Waals surface area contributed by atoms with Crippen molar-refractivity contribution in [1.29, 1.82) is 10.8 Å². The Kier molecular flexibility index (Phi) is 19.8. The molecule has 5 rings (SSSR count). The van der Waals surface area contributed by atoms with Gasteiger partial charge in [-0.15, -0.1) is 35.1 Å². The van der Waals surface area contributed by atoms with E-state index in [-0.39, 0.29) is 54.4 Å². The number of nitrogens with one attached hydrogen (secondary N) is 4. The number of methoxy groups -OCH3 is 1. The van der Waals surface area contributed by atoms with Gasteiger partial charge in [0.25, 0.3) is 5.91 Å². The van der Waals surface area contributed by atoms with Crippen LogP contribution in [0.3, 0.4) is 0 Å². The Morgan fingerprint density at radius 3 is 2.29 bits per heavy atom. The van der Waals surface area contributed by atoms with Gasteiger partial charge in [-0.1, -0.05) is 32.0 Å². The third kappa shape index (κ3) is 13.6. The molecule has 2 saturated heterocycles. The van der Waals surface area contributed by atoms with E-state index in [1.807, 2.05) is 18.2 Å². The number of hydrogen-bond donors (Lipinski definition) is 6. The summed E-state index contributed by atoms with van der Waals surface area (Å²) in [7, 11) is 1.58. The molecular weight excluding hydrogens is 814 g/mol. The molecule has 2 fully saturated rings. The number of carbonyl (C=O) groups is 5. The van der Waals surface area contributed by atoms with Gasteiger partial charge in [-0.25, -0.2) is 4.79 Å². The molecule has 3 aliphatic heterocycles. The van der Waals surface area contributed by atoms with Crippen molar-refractivity contribution in [2.45, 2.75) is 49.9 Å². The molecule has 58 heavy (non-hydrogen) atoms. The Morgan fingerprint density at radius 2 is 1.76 bits per heavy atom. The van der Waals surface area contributed by atoms with E-state index in [4.69, 9.17) is 42.4 Å². The van der Waals surface area contributed by atoms with E-state index in [9.17, 15) is 29.1 Å². The highest BCUT2D eigenvalue weighted by Crippen LogP contribution is 2.40. The fourth-order valence-corrected chi connectivity index (χ4v) is 7.97. The summed E-state index contributed by atoms with van der Waals surface area (Å²) < 4.78 is 15.1. The summed E-state index contributed by atoms with van der Waals surface area (Å²) in [6.45, 7) is 8.05. The molecular formula is C37H50ClN9O9S2. The van der Waals surface area contributed by atoms with Crippen LogP contribution in [0.25, 0.3) is 0 Å². The lowest BCUT2D eigenvalue weighted by Crippen LogP contribution is -2.70. The quantitative estimate of drug-likeness (QED) is 0.0321. The molecule has 0 radical (unpaired) electrons. The SMILES string of the molecule is CC(=O)OCC1=C(C(=O)O)N2C(=O)[C@@H](NC(=O)CSc3ccncc3)[C@H]2SC1.CCc1cccc(CC)c1N(COC)C(=O)CCl.N=C(N)NC(=N)N1CCOCC1. The van der Waals surface area contributed by atoms with Gasteiger partial charge >= 0.3 is 11.9 Å². The van der Waals surface area contributed by atoms with Gasteiger partial charge in [0.15, 0.2) is 11.9 Å². The number of pyridine rings is 1. The summed E-state index contributed by atoms with van der Waals surface area (Å²) in [6.07, 6.45) is 5.00. The lowest BCUT2D eigenvalue weighted by atomic mass is 10.0. The van der Waals surface area contributed by atoms with Crippen molar-refractivity contribution in [2.24, 2.45) is 5.73 Å². The predicted octanol–water partition coefficient (Wildman–Crippen LogP) is 2.20. The highest BCUT2D eigenvalue weighted by molar-refractivity contribution is 8.00. The number of aliphatic carboxylic acids is 1. The molecule has 0 unspecified atom stereocenters. The number of fused-ring (bicyclic) bond motifs is 1.